The van der Waals surface area contributed by atoms with Crippen LogP contribution in [0.25, 0.3) is 0 Å². The number of hydrogen-bond donors (Lipinski definition) is 2. The van der Waals surface area contributed by atoms with Gasteiger partial charge in [0.05, 0.1) is 11.5 Å². The molecule has 3 heteroatoms. The van der Waals surface area contributed by atoms with Crippen molar-refractivity contribution >= 4 is 5.97 Å². The molecule has 0 amide bonds. The average molecular weight is 200 g/mol. The van der Waals surface area contributed by atoms with Gasteiger partial charge in [0.25, 0.3) is 0 Å². The third-order valence-corrected chi connectivity index (χ3v) is 3.39. The maximum absolute atomic E-state index is 10.9. The van der Waals surface area contributed by atoms with Gasteiger partial charge in [0.1, 0.15) is 0 Å². The minimum Gasteiger partial charge on any atom is -0.481 e. The number of aliphatic hydroxyl groups is 1. The van der Waals surface area contributed by atoms with Crippen molar-refractivity contribution in [3.63, 3.8) is 0 Å². The van der Waals surface area contributed by atoms with Crippen molar-refractivity contribution in [3.8, 4) is 0 Å². The average Bonchev–Trinajstić information content (AvgIpc) is 1.99. The monoisotopic (exact) mass is 200 g/mol. The zero-order valence-electron chi connectivity index (χ0n) is 9.16. The molecule has 0 spiro atoms. The van der Waals surface area contributed by atoms with Gasteiger partial charge in [0, 0.05) is 0 Å². The number of carboxylic acids is 1. The Labute approximate surface area is 85.1 Å². The topological polar surface area (TPSA) is 57.5 Å². The van der Waals surface area contributed by atoms with E-state index in [2.05, 4.69) is 13.8 Å². The summed E-state index contributed by atoms with van der Waals surface area (Å²) in [6.45, 7) is 5.76. The van der Waals surface area contributed by atoms with Gasteiger partial charge in [-0.1, -0.05) is 13.8 Å². The second-order valence-electron chi connectivity index (χ2n) is 5.02. The summed E-state index contributed by atoms with van der Waals surface area (Å²) in [6, 6.07) is 0. The van der Waals surface area contributed by atoms with E-state index in [1.165, 1.54) is 0 Å². The van der Waals surface area contributed by atoms with Crippen LogP contribution in [0.2, 0.25) is 0 Å². The van der Waals surface area contributed by atoms with Crippen molar-refractivity contribution in [1.29, 1.82) is 0 Å². The van der Waals surface area contributed by atoms with Crippen LogP contribution in [-0.2, 0) is 4.79 Å². The molecular weight excluding hydrogens is 180 g/mol. The van der Waals surface area contributed by atoms with E-state index in [0.717, 1.165) is 6.42 Å². The molecule has 3 unspecified atom stereocenters. The van der Waals surface area contributed by atoms with Gasteiger partial charge in [0.2, 0.25) is 0 Å². The normalized spacial score (nSPS) is 40.6. The Hall–Kier alpha value is -0.570. The number of carboxylic acid groups (broad SMARTS) is 1. The fraction of sp³-hybridized carbons (Fsp3) is 0.909. The van der Waals surface area contributed by atoms with Crippen molar-refractivity contribution < 1.29 is 15.0 Å². The van der Waals surface area contributed by atoms with Crippen LogP contribution in [0.1, 0.15) is 40.0 Å². The van der Waals surface area contributed by atoms with Gasteiger partial charge >= 0.3 is 5.97 Å². The highest BCUT2D eigenvalue weighted by Crippen LogP contribution is 2.40. The van der Waals surface area contributed by atoms with Crippen LogP contribution in [0.4, 0.5) is 0 Å². The molecule has 0 aromatic carbocycles. The maximum atomic E-state index is 10.9. The molecule has 0 aromatic heterocycles. The summed E-state index contributed by atoms with van der Waals surface area (Å²) in [5.74, 6) is -0.711. The minimum atomic E-state index is -0.997. The van der Waals surface area contributed by atoms with Gasteiger partial charge in [-0.3, -0.25) is 4.79 Å². The van der Waals surface area contributed by atoms with Crippen LogP contribution >= 0.6 is 0 Å². The summed E-state index contributed by atoms with van der Waals surface area (Å²) in [4.78, 5) is 10.9. The first-order valence-electron chi connectivity index (χ1n) is 5.30. The van der Waals surface area contributed by atoms with Crippen LogP contribution < -0.4 is 0 Å². The second kappa shape index (κ2) is 3.89. The molecule has 3 nitrogen and oxygen atoms in total. The molecule has 0 aromatic rings. The molecule has 1 aliphatic rings. The third-order valence-electron chi connectivity index (χ3n) is 3.39. The smallest absolute Gasteiger partial charge is 0.309 e. The zero-order chi connectivity index (χ0) is 10.9. The first-order valence-corrected chi connectivity index (χ1v) is 5.30. The van der Waals surface area contributed by atoms with Crippen molar-refractivity contribution in [1.82, 2.24) is 0 Å². The Morgan fingerprint density at radius 2 is 1.79 bits per heavy atom. The first kappa shape index (κ1) is 11.5. The molecule has 82 valence electrons. The molecular formula is C11H20O3. The summed E-state index contributed by atoms with van der Waals surface area (Å²) in [7, 11) is 0. The van der Waals surface area contributed by atoms with E-state index in [9.17, 15) is 9.90 Å². The Balaban J connectivity index is 2.76. The summed E-state index contributed by atoms with van der Waals surface area (Å²) < 4.78 is 0. The predicted molar refractivity (Wildman–Crippen MR) is 53.9 cm³/mol. The molecule has 0 radical (unpaired) electrons. The van der Waals surface area contributed by atoms with Gasteiger partial charge in [-0.25, -0.2) is 0 Å². The Kier molecular flexibility index (Phi) is 3.20. The molecule has 3 atom stereocenters. The Morgan fingerprint density at radius 1 is 1.36 bits per heavy atom. The van der Waals surface area contributed by atoms with Gasteiger partial charge in [-0.05, 0) is 38.0 Å². The van der Waals surface area contributed by atoms with Crippen molar-refractivity contribution in [2.75, 3.05) is 0 Å². The number of carbonyl (C=O) groups is 1. The largest absolute Gasteiger partial charge is 0.481 e. The van der Waals surface area contributed by atoms with Crippen LogP contribution in [-0.4, -0.2) is 21.8 Å². The van der Waals surface area contributed by atoms with Gasteiger partial charge in [-0.15, -0.1) is 0 Å². The van der Waals surface area contributed by atoms with E-state index in [1.54, 1.807) is 6.92 Å². The molecule has 14 heavy (non-hydrogen) atoms. The quantitative estimate of drug-likeness (QED) is 0.715. The van der Waals surface area contributed by atoms with E-state index in [4.69, 9.17) is 5.11 Å². The molecule has 1 rings (SSSR count). The Morgan fingerprint density at radius 3 is 2.14 bits per heavy atom. The third kappa shape index (κ3) is 2.27. The van der Waals surface area contributed by atoms with E-state index in [-0.39, 0.29) is 0 Å². The second-order valence-corrected chi connectivity index (χ2v) is 5.02. The van der Waals surface area contributed by atoms with Gasteiger partial charge in [-0.2, -0.15) is 0 Å². The number of aliphatic carboxylic acids is 1. The van der Waals surface area contributed by atoms with E-state index in [1.807, 2.05) is 0 Å². The van der Waals surface area contributed by atoms with Crippen molar-refractivity contribution in [3.05, 3.63) is 0 Å². The maximum Gasteiger partial charge on any atom is 0.309 e. The summed E-state index contributed by atoms with van der Waals surface area (Å²) in [6.07, 6.45) is 2.32. The SMILES string of the molecule is CC1CC(C)CC(O)(C(C)C(=O)O)C1. The predicted octanol–water partition coefficient (Wildman–Crippen LogP) is 1.89. The fourth-order valence-corrected chi connectivity index (χ4v) is 2.73. The highest BCUT2D eigenvalue weighted by molar-refractivity contribution is 5.71. The summed E-state index contributed by atoms with van der Waals surface area (Å²) in [5, 5.41) is 19.2. The highest BCUT2D eigenvalue weighted by Gasteiger charge is 2.43. The van der Waals surface area contributed by atoms with Gasteiger partial charge < -0.3 is 10.2 Å². The van der Waals surface area contributed by atoms with Crippen LogP contribution in [0, 0.1) is 17.8 Å². The zero-order valence-corrected chi connectivity index (χ0v) is 9.16. The van der Waals surface area contributed by atoms with Crippen molar-refractivity contribution in [2.45, 2.75) is 45.6 Å². The van der Waals surface area contributed by atoms with Crippen LogP contribution in [0.5, 0.6) is 0 Å². The Bertz CT molecular complexity index is 215. The van der Waals surface area contributed by atoms with E-state index < -0.39 is 17.5 Å². The molecule has 0 saturated heterocycles. The molecule has 1 fully saturated rings. The van der Waals surface area contributed by atoms with Crippen LogP contribution in [0.3, 0.4) is 0 Å². The summed E-state index contributed by atoms with van der Waals surface area (Å²) in [5.41, 5.74) is -0.997. The molecule has 0 heterocycles. The number of hydrogen-bond acceptors (Lipinski definition) is 2. The molecule has 1 aliphatic carbocycles. The fourth-order valence-electron chi connectivity index (χ4n) is 2.73. The van der Waals surface area contributed by atoms with Gasteiger partial charge in [0.15, 0.2) is 0 Å². The summed E-state index contributed by atoms with van der Waals surface area (Å²) >= 11 is 0. The number of rotatable bonds is 2. The molecule has 0 bridgehead atoms. The molecule has 1 saturated carbocycles. The van der Waals surface area contributed by atoms with Crippen LogP contribution in [0.15, 0.2) is 0 Å². The molecule has 2 N–H and O–H groups in total. The first-order chi connectivity index (χ1) is 6.35. The lowest BCUT2D eigenvalue weighted by Crippen LogP contribution is -2.46. The lowest BCUT2D eigenvalue weighted by atomic mass is 9.68. The lowest BCUT2D eigenvalue weighted by Gasteiger charge is -2.41. The minimum absolute atomic E-state index is 0.422. The lowest BCUT2D eigenvalue weighted by molar-refractivity contribution is -0.156. The standard InChI is InChI=1S/C11H20O3/c1-7-4-8(2)6-11(14,5-7)9(3)10(12)13/h7-9,14H,4-6H2,1-3H3,(H,12,13). The molecule has 0 aliphatic heterocycles. The van der Waals surface area contributed by atoms with Crippen molar-refractivity contribution in [2.24, 2.45) is 17.8 Å². The van der Waals surface area contributed by atoms with E-state index >= 15 is 0 Å². The van der Waals surface area contributed by atoms with E-state index in [0.29, 0.717) is 24.7 Å². The highest BCUT2D eigenvalue weighted by atomic mass is 16.4.